The maximum absolute atomic E-state index is 3.53. The molecule has 0 bridgehead atoms. The van der Waals surface area contributed by atoms with Crippen molar-refractivity contribution in [2.75, 3.05) is 19.6 Å². The Kier molecular flexibility index (Phi) is 2.61. The molecule has 1 unspecified atom stereocenters. The first-order valence-corrected chi connectivity index (χ1v) is 5.72. The fraction of sp³-hybridized carbons (Fsp3) is 1.00. The van der Waals surface area contributed by atoms with Gasteiger partial charge in [-0.1, -0.05) is 6.42 Å². The summed E-state index contributed by atoms with van der Waals surface area (Å²) in [6.45, 7) is 8.45. The molecule has 2 rings (SSSR count). The number of rotatable bonds is 1. The van der Waals surface area contributed by atoms with E-state index in [9.17, 15) is 0 Å². The van der Waals surface area contributed by atoms with Crippen LogP contribution >= 0.6 is 0 Å². The lowest BCUT2D eigenvalue weighted by atomic mass is 9.85. The van der Waals surface area contributed by atoms with Gasteiger partial charge in [0.15, 0.2) is 0 Å². The standard InChI is InChI=1S/C11H22N2/c1-10(2)13-8-4-3-5-11(13)6-7-12-9-11/h10,12H,3-9H2,1-2H3. The fourth-order valence-electron chi connectivity index (χ4n) is 3.11. The van der Waals surface area contributed by atoms with Crippen LogP contribution < -0.4 is 5.32 Å². The van der Waals surface area contributed by atoms with Crippen LogP contribution in [0.2, 0.25) is 0 Å². The van der Waals surface area contributed by atoms with Crippen molar-refractivity contribution in [2.24, 2.45) is 0 Å². The van der Waals surface area contributed by atoms with Gasteiger partial charge in [-0.05, 0) is 46.2 Å². The van der Waals surface area contributed by atoms with Gasteiger partial charge >= 0.3 is 0 Å². The first-order chi connectivity index (χ1) is 6.25. The monoisotopic (exact) mass is 182 g/mol. The number of piperidine rings is 1. The molecule has 2 fully saturated rings. The molecule has 2 aliphatic heterocycles. The summed E-state index contributed by atoms with van der Waals surface area (Å²) in [4.78, 5) is 2.73. The molecule has 1 atom stereocenters. The van der Waals surface area contributed by atoms with Crippen molar-refractivity contribution in [2.45, 2.75) is 51.1 Å². The second kappa shape index (κ2) is 3.58. The van der Waals surface area contributed by atoms with Crippen LogP contribution in [0.5, 0.6) is 0 Å². The van der Waals surface area contributed by atoms with Crippen molar-refractivity contribution < 1.29 is 0 Å². The molecule has 2 heteroatoms. The Hall–Kier alpha value is -0.0800. The zero-order chi connectivity index (χ0) is 9.31. The number of nitrogens with zero attached hydrogens (tertiary/aromatic N) is 1. The van der Waals surface area contributed by atoms with Crippen LogP contribution in [0.4, 0.5) is 0 Å². The Morgan fingerprint density at radius 3 is 2.69 bits per heavy atom. The van der Waals surface area contributed by atoms with Gasteiger partial charge in [-0.3, -0.25) is 4.90 Å². The summed E-state index contributed by atoms with van der Waals surface area (Å²) in [5, 5.41) is 3.53. The molecule has 2 nitrogen and oxygen atoms in total. The van der Waals surface area contributed by atoms with Gasteiger partial charge in [-0.25, -0.2) is 0 Å². The molecule has 0 amide bonds. The third-order valence-corrected chi connectivity index (χ3v) is 3.74. The summed E-state index contributed by atoms with van der Waals surface area (Å²) in [6, 6.07) is 0.722. The average molecular weight is 182 g/mol. The predicted octanol–water partition coefficient (Wildman–Crippen LogP) is 1.61. The van der Waals surface area contributed by atoms with Crippen molar-refractivity contribution in [1.82, 2.24) is 10.2 Å². The van der Waals surface area contributed by atoms with E-state index in [0.717, 1.165) is 6.04 Å². The smallest absolute Gasteiger partial charge is 0.0348 e. The summed E-state index contributed by atoms with van der Waals surface area (Å²) >= 11 is 0. The number of nitrogens with one attached hydrogen (secondary N) is 1. The van der Waals surface area contributed by atoms with Crippen molar-refractivity contribution in [3.05, 3.63) is 0 Å². The van der Waals surface area contributed by atoms with E-state index in [1.165, 1.54) is 45.3 Å². The van der Waals surface area contributed by atoms with Crippen LogP contribution in [0.1, 0.15) is 39.5 Å². The van der Waals surface area contributed by atoms with Gasteiger partial charge < -0.3 is 5.32 Å². The quantitative estimate of drug-likeness (QED) is 0.663. The molecule has 2 aliphatic rings. The molecule has 0 radical (unpaired) electrons. The third kappa shape index (κ3) is 1.62. The van der Waals surface area contributed by atoms with E-state index in [-0.39, 0.29) is 0 Å². The number of hydrogen-bond acceptors (Lipinski definition) is 2. The topological polar surface area (TPSA) is 15.3 Å². The Balaban J connectivity index is 2.12. The lowest BCUT2D eigenvalue weighted by Gasteiger charge is -2.47. The maximum Gasteiger partial charge on any atom is 0.0348 e. The molecule has 0 aromatic rings. The fourth-order valence-corrected chi connectivity index (χ4v) is 3.11. The van der Waals surface area contributed by atoms with Crippen molar-refractivity contribution in [1.29, 1.82) is 0 Å². The summed E-state index contributed by atoms with van der Waals surface area (Å²) < 4.78 is 0. The first kappa shape index (κ1) is 9.47. The van der Waals surface area contributed by atoms with Gasteiger partial charge in [0.2, 0.25) is 0 Å². The lowest BCUT2D eigenvalue weighted by Crippen LogP contribution is -2.55. The SMILES string of the molecule is CC(C)N1CCCCC12CCNC2. The van der Waals surface area contributed by atoms with Crippen LogP contribution in [0.25, 0.3) is 0 Å². The van der Waals surface area contributed by atoms with E-state index in [1.807, 2.05) is 0 Å². The summed E-state index contributed by atoms with van der Waals surface area (Å²) in [6.07, 6.45) is 5.62. The van der Waals surface area contributed by atoms with Crippen LogP contribution in [0.3, 0.4) is 0 Å². The highest BCUT2D eigenvalue weighted by Crippen LogP contribution is 2.34. The summed E-state index contributed by atoms with van der Waals surface area (Å²) in [5.74, 6) is 0. The molecule has 1 N–H and O–H groups in total. The van der Waals surface area contributed by atoms with E-state index in [4.69, 9.17) is 0 Å². The molecule has 76 valence electrons. The third-order valence-electron chi connectivity index (χ3n) is 3.74. The second-order valence-corrected chi connectivity index (χ2v) is 4.90. The molecule has 0 aromatic carbocycles. The zero-order valence-electron chi connectivity index (χ0n) is 8.97. The largest absolute Gasteiger partial charge is 0.315 e. The van der Waals surface area contributed by atoms with Crippen molar-refractivity contribution >= 4 is 0 Å². The van der Waals surface area contributed by atoms with Crippen molar-refractivity contribution in [3.63, 3.8) is 0 Å². The predicted molar refractivity (Wildman–Crippen MR) is 55.9 cm³/mol. The highest BCUT2D eigenvalue weighted by molar-refractivity contribution is 5.00. The van der Waals surface area contributed by atoms with Gasteiger partial charge in [0, 0.05) is 18.1 Å². The Morgan fingerprint density at radius 1 is 1.23 bits per heavy atom. The average Bonchev–Trinajstić information content (AvgIpc) is 2.54. The van der Waals surface area contributed by atoms with Gasteiger partial charge in [-0.15, -0.1) is 0 Å². The molecule has 2 heterocycles. The summed E-state index contributed by atoms with van der Waals surface area (Å²) in [5.41, 5.74) is 0.534. The van der Waals surface area contributed by atoms with E-state index >= 15 is 0 Å². The lowest BCUT2D eigenvalue weighted by molar-refractivity contribution is 0.0338. The Morgan fingerprint density at radius 2 is 2.08 bits per heavy atom. The molecule has 13 heavy (non-hydrogen) atoms. The molecule has 1 spiro atoms. The van der Waals surface area contributed by atoms with Crippen LogP contribution in [0, 0.1) is 0 Å². The van der Waals surface area contributed by atoms with E-state index in [2.05, 4.69) is 24.1 Å². The number of hydrogen-bond donors (Lipinski definition) is 1. The number of likely N-dealkylation sites (tertiary alicyclic amines) is 1. The first-order valence-electron chi connectivity index (χ1n) is 5.72. The van der Waals surface area contributed by atoms with Gasteiger partial charge in [-0.2, -0.15) is 0 Å². The molecule has 2 saturated heterocycles. The van der Waals surface area contributed by atoms with Crippen LogP contribution in [0.15, 0.2) is 0 Å². The van der Waals surface area contributed by atoms with E-state index in [0.29, 0.717) is 5.54 Å². The molecular weight excluding hydrogens is 160 g/mol. The van der Waals surface area contributed by atoms with E-state index < -0.39 is 0 Å². The Labute approximate surface area is 81.7 Å². The highest BCUT2D eigenvalue weighted by Gasteiger charge is 2.41. The van der Waals surface area contributed by atoms with Gasteiger partial charge in [0.25, 0.3) is 0 Å². The minimum absolute atomic E-state index is 0.534. The molecular formula is C11H22N2. The highest BCUT2D eigenvalue weighted by atomic mass is 15.3. The normalized spacial score (nSPS) is 36.2. The molecule has 0 saturated carbocycles. The second-order valence-electron chi connectivity index (χ2n) is 4.90. The van der Waals surface area contributed by atoms with Crippen molar-refractivity contribution in [3.8, 4) is 0 Å². The summed E-state index contributed by atoms with van der Waals surface area (Å²) in [7, 11) is 0. The Bertz CT molecular complexity index is 171. The van der Waals surface area contributed by atoms with Crippen LogP contribution in [-0.4, -0.2) is 36.1 Å². The van der Waals surface area contributed by atoms with Gasteiger partial charge in [0.05, 0.1) is 0 Å². The minimum Gasteiger partial charge on any atom is -0.315 e. The van der Waals surface area contributed by atoms with E-state index in [1.54, 1.807) is 0 Å². The molecule has 0 aromatic heterocycles. The maximum atomic E-state index is 3.53. The van der Waals surface area contributed by atoms with Gasteiger partial charge in [0.1, 0.15) is 0 Å². The van der Waals surface area contributed by atoms with Crippen LogP contribution in [-0.2, 0) is 0 Å². The molecule has 0 aliphatic carbocycles. The minimum atomic E-state index is 0.534. The zero-order valence-corrected chi connectivity index (χ0v) is 8.97.